The molecule has 3 aromatic rings. The molecular formula is C16H17F3N6O3. The van der Waals surface area contributed by atoms with Crippen LogP contribution in [0.15, 0.2) is 36.1 Å². The van der Waals surface area contributed by atoms with Crippen molar-refractivity contribution in [2.75, 3.05) is 0 Å². The first-order valence-corrected chi connectivity index (χ1v) is 8.06. The van der Waals surface area contributed by atoms with E-state index in [0.29, 0.717) is 6.42 Å². The summed E-state index contributed by atoms with van der Waals surface area (Å²) in [5, 5.41) is 24.1. The SMILES string of the molecule is CCC(CC=NO)n1cc(-c2ncnc3[nH]ccc23)cn1.O=C(O)C(F)(F)F. The number of rotatable bonds is 5. The number of nitrogens with zero attached hydrogens (tertiary/aromatic N) is 5. The number of oxime groups is 1. The number of hydrogen-bond acceptors (Lipinski definition) is 6. The van der Waals surface area contributed by atoms with Gasteiger partial charge in [-0.1, -0.05) is 6.92 Å². The molecule has 0 spiro atoms. The van der Waals surface area contributed by atoms with Crippen molar-refractivity contribution >= 4 is 23.2 Å². The molecule has 1 unspecified atom stereocenters. The van der Waals surface area contributed by atoms with Gasteiger partial charge >= 0.3 is 12.1 Å². The minimum Gasteiger partial charge on any atom is -0.475 e. The number of aromatic nitrogens is 5. The monoisotopic (exact) mass is 398 g/mol. The molecule has 0 bridgehead atoms. The van der Waals surface area contributed by atoms with Gasteiger partial charge in [0.1, 0.15) is 12.0 Å². The highest BCUT2D eigenvalue weighted by atomic mass is 19.4. The highest BCUT2D eigenvalue weighted by Crippen LogP contribution is 2.25. The molecule has 150 valence electrons. The lowest BCUT2D eigenvalue weighted by molar-refractivity contribution is -0.192. The van der Waals surface area contributed by atoms with Crippen molar-refractivity contribution in [2.45, 2.75) is 32.0 Å². The molecule has 0 saturated heterocycles. The molecule has 0 aliphatic heterocycles. The fraction of sp³-hybridized carbons (Fsp3) is 0.312. The number of halogens is 3. The van der Waals surface area contributed by atoms with Crippen LogP contribution in [-0.2, 0) is 4.79 Å². The summed E-state index contributed by atoms with van der Waals surface area (Å²) < 4.78 is 33.6. The van der Waals surface area contributed by atoms with E-state index in [9.17, 15) is 13.2 Å². The van der Waals surface area contributed by atoms with Gasteiger partial charge in [0.2, 0.25) is 0 Å². The number of fused-ring (bicyclic) bond motifs is 1. The van der Waals surface area contributed by atoms with E-state index in [0.717, 1.165) is 28.7 Å². The number of carbonyl (C=O) groups is 1. The quantitative estimate of drug-likeness (QED) is 0.344. The Labute approximate surface area is 156 Å². The lowest BCUT2D eigenvalue weighted by Gasteiger charge is -2.12. The van der Waals surface area contributed by atoms with Crippen molar-refractivity contribution in [1.29, 1.82) is 0 Å². The van der Waals surface area contributed by atoms with E-state index in [2.05, 4.69) is 32.1 Å². The Hall–Kier alpha value is -3.44. The third-order valence-corrected chi connectivity index (χ3v) is 3.78. The molecule has 12 heteroatoms. The fourth-order valence-electron chi connectivity index (χ4n) is 2.39. The fourth-order valence-corrected chi connectivity index (χ4v) is 2.39. The molecule has 1 atom stereocenters. The summed E-state index contributed by atoms with van der Waals surface area (Å²) in [6.45, 7) is 2.08. The van der Waals surface area contributed by atoms with Crippen LogP contribution in [0.1, 0.15) is 25.8 Å². The lowest BCUT2D eigenvalue weighted by atomic mass is 10.1. The molecular weight excluding hydrogens is 381 g/mol. The number of alkyl halides is 3. The van der Waals surface area contributed by atoms with Crippen molar-refractivity contribution < 1.29 is 28.3 Å². The van der Waals surface area contributed by atoms with Gasteiger partial charge in [-0.25, -0.2) is 14.8 Å². The van der Waals surface area contributed by atoms with Crippen LogP contribution < -0.4 is 0 Å². The molecule has 0 fully saturated rings. The molecule has 3 aromatic heterocycles. The number of hydrogen-bond donors (Lipinski definition) is 3. The summed E-state index contributed by atoms with van der Waals surface area (Å²) in [6.07, 6.45) is 5.10. The first-order chi connectivity index (χ1) is 13.3. The molecule has 28 heavy (non-hydrogen) atoms. The van der Waals surface area contributed by atoms with Crippen LogP contribution in [0, 0.1) is 0 Å². The zero-order valence-corrected chi connectivity index (χ0v) is 14.6. The largest absolute Gasteiger partial charge is 0.490 e. The van der Waals surface area contributed by atoms with Crippen LogP contribution in [0.3, 0.4) is 0 Å². The van der Waals surface area contributed by atoms with E-state index >= 15 is 0 Å². The van der Waals surface area contributed by atoms with E-state index in [1.54, 1.807) is 12.5 Å². The van der Waals surface area contributed by atoms with Crippen LogP contribution in [0.5, 0.6) is 0 Å². The number of aliphatic carboxylic acids is 1. The maximum atomic E-state index is 10.6. The second-order valence-corrected chi connectivity index (χ2v) is 5.57. The summed E-state index contributed by atoms with van der Waals surface area (Å²) in [6, 6.07) is 2.12. The molecule has 0 radical (unpaired) electrons. The van der Waals surface area contributed by atoms with Gasteiger partial charge in [-0.3, -0.25) is 4.68 Å². The van der Waals surface area contributed by atoms with E-state index in [1.807, 2.05) is 23.1 Å². The van der Waals surface area contributed by atoms with E-state index in [4.69, 9.17) is 15.1 Å². The second-order valence-electron chi connectivity index (χ2n) is 5.57. The van der Waals surface area contributed by atoms with Gasteiger partial charge in [0.15, 0.2) is 0 Å². The van der Waals surface area contributed by atoms with Gasteiger partial charge in [0.05, 0.1) is 17.9 Å². The van der Waals surface area contributed by atoms with Gasteiger partial charge < -0.3 is 15.3 Å². The first kappa shape index (κ1) is 20.9. The number of H-pyrrole nitrogens is 1. The highest BCUT2D eigenvalue weighted by molar-refractivity contribution is 5.89. The Bertz CT molecular complexity index is 950. The van der Waals surface area contributed by atoms with E-state index in [1.165, 1.54) is 6.21 Å². The molecule has 0 aromatic carbocycles. The summed E-state index contributed by atoms with van der Waals surface area (Å²) >= 11 is 0. The molecule has 3 N–H and O–H groups in total. The number of nitrogens with one attached hydrogen (secondary N) is 1. The van der Waals surface area contributed by atoms with Crippen LogP contribution in [0.25, 0.3) is 22.3 Å². The Balaban J connectivity index is 0.000000345. The zero-order chi connectivity index (χ0) is 20.7. The second kappa shape index (κ2) is 8.97. The molecule has 0 saturated carbocycles. The summed E-state index contributed by atoms with van der Waals surface area (Å²) in [7, 11) is 0. The standard InChI is InChI=1S/C14H16N6O.C2HF3O2/c1-2-11(3-6-19-21)20-8-10(7-18-20)13-12-4-5-15-14(12)17-9-16-13;3-2(4,5)1(6)7/h4-9,11,21H,2-3H2,1H3,(H,15,16,17);(H,6,7). The summed E-state index contributed by atoms with van der Waals surface area (Å²) in [5.41, 5.74) is 2.62. The average Bonchev–Trinajstić information content (AvgIpc) is 3.31. The summed E-state index contributed by atoms with van der Waals surface area (Å²) in [5.74, 6) is -2.76. The summed E-state index contributed by atoms with van der Waals surface area (Å²) in [4.78, 5) is 20.5. The maximum Gasteiger partial charge on any atom is 0.490 e. The van der Waals surface area contributed by atoms with E-state index < -0.39 is 12.1 Å². The topological polar surface area (TPSA) is 129 Å². The average molecular weight is 398 g/mol. The highest BCUT2D eigenvalue weighted by Gasteiger charge is 2.38. The predicted octanol–water partition coefficient (Wildman–Crippen LogP) is 3.26. The number of carboxylic acid groups (broad SMARTS) is 1. The van der Waals surface area contributed by atoms with Crippen molar-refractivity contribution in [3.63, 3.8) is 0 Å². The van der Waals surface area contributed by atoms with Crippen molar-refractivity contribution in [3.8, 4) is 11.3 Å². The van der Waals surface area contributed by atoms with Crippen molar-refractivity contribution in [2.24, 2.45) is 5.16 Å². The van der Waals surface area contributed by atoms with Gasteiger partial charge in [0.25, 0.3) is 0 Å². The van der Waals surface area contributed by atoms with Crippen molar-refractivity contribution in [3.05, 3.63) is 31.0 Å². The smallest absolute Gasteiger partial charge is 0.475 e. The molecule has 0 amide bonds. The number of carboxylic acids is 1. The van der Waals surface area contributed by atoms with Crippen molar-refractivity contribution in [1.82, 2.24) is 24.7 Å². The third-order valence-electron chi connectivity index (χ3n) is 3.78. The van der Waals surface area contributed by atoms with Gasteiger partial charge in [0, 0.05) is 36.0 Å². The molecule has 3 heterocycles. The Kier molecular flexibility index (Phi) is 6.69. The van der Waals surface area contributed by atoms with Crippen LogP contribution in [-0.4, -0.2) is 53.4 Å². The van der Waals surface area contributed by atoms with E-state index in [-0.39, 0.29) is 6.04 Å². The van der Waals surface area contributed by atoms with Gasteiger partial charge in [-0.05, 0) is 12.5 Å². The Morgan fingerprint density at radius 2 is 2.14 bits per heavy atom. The van der Waals surface area contributed by atoms with Crippen LogP contribution >= 0.6 is 0 Å². The van der Waals surface area contributed by atoms with Gasteiger partial charge in [-0.2, -0.15) is 18.3 Å². The molecule has 0 aliphatic rings. The molecule has 3 rings (SSSR count). The Morgan fingerprint density at radius 1 is 1.43 bits per heavy atom. The third kappa shape index (κ3) is 5.05. The first-order valence-electron chi connectivity index (χ1n) is 8.06. The zero-order valence-electron chi connectivity index (χ0n) is 14.6. The number of aromatic amines is 1. The molecule has 9 nitrogen and oxygen atoms in total. The minimum atomic E-state index is -5.08. The Morgan fingerprint density at radius 3 is 2.75 bits per heavy atom. The van der Waals surface area contributed by atoms with Gasteiger partial charge in [-0.15, -0.1) is 5.16 Å². The molecule has 0 aliphatic carbocycles. The maximum absolute atomic E-state index is 10.6. The van der Waals surface area contributed by atoms with Crippen LogP contribution in [0.4, 0.5) is 13.2 Å². The lowest BCUT2D eigenvalue weighted by Crippen LogP contribution is -2.21. The predicted molar refractivity (Wildman–Crippen MR) is 93.0 cm³/mol. The minimum absolute atomic E-state index is 0.165. The van der Waals surface area contributed by atoms with Crippen LogP contribution in [0.2, 0.25) is 0 Å². The normalized spacial score (nSPS) is 12.7.